The molecule has 0 spiro atoms. The smallest absolute Gasteiger partial charge is 0.223 e. The highest BCUT2D eigenvalue weighted by atomic mass is 32.1. The van der Waals surface area contributed by atoms with Crippen LogP contribution in [0, 0.1) is 24.7 Å². The number of aliphatic hydroxyl groups is 2. The van der Waals surface area contributed by atoms with Crippen LogP contribution >= 0.6 is 22.7 Å². The zero-order chi connectivity index (χ0) is 23.9. The van der Waals surface area contributed by atoms with Crippen molar-refractivity contribution < 1.29 is 10.2 Å². The zero-order valence-electron chi connectivity index (χ0n) is 19.6. The van der Waals surface area contributed by atoms with Crippen molar-refractivity contribution in [3.8, 4) is 10.6 Å². The van der Waals surface area contributed by atoms with Crippen LogP contribution < -0.4 is 5.32 Å². The lowest BCUT2D eigenvalue weighted by atomic mass is 9.95. The summed E-state index contributed by atoms with van der Waals surface area (Å²) in [5, 5.41) is 29.1. The standard InChI is InChI=1S/C26H29N5O2S2/c1-14-22(25-30-18-4-2-3-5-20(18)35-25)19(31-26(29-14)28-13-15-6-7-15)11-16-10-17(24(33)23(16)32)12-21-27-8-9-34-21/h2-5,8-9,15-17,23-24,32-33H,6-7,10-13H2,1H3,(H,28,29,31)/t16-,17+,23-,24+/m0/s1. The molecule has 3 heterocycles. The van der Waals surface area contributed by atoms with E-state index in [1.54, 1.807) is 28.9 Å². The Kier molecular flexibility index (Phi) is 6.26. The maximum absolute atomic E-state index is 11.0. The second-order valence-corrected chi connectivity index (χ2v) is 11.8. The molecule has 4 atom stereocenters. The molecule has 182 valence electrons. The van der Waals surface area contributed by atoms with Crippen molar-refractivity contribution in [2.24, 2.45) is 17.8 Å². The van der Waals surface area contributed by atoms with E-state index in [2.05, 4.69) is 16.4 Å². The molecule has 0 saturated heterocycles. The van der Waals surface area contributed by atoms with E-state index in [4.69, 9.17) is 15.0 Å². The number of aliphatic hydroxyl groups excluding tert-OH is 2. The van der Waals surface area contributed by atoms with Gasteiger partial charge in [-0.1, -0.05) is 12.1 Å². The summed E-state index contributed by atoms with van der Waals surface area (Å²) in [5.41, 5.74) is 3.70. The number of benzene rings is 1. The molecule has 3 N–H and O–H groups in total. The third kappa shape index (κ3) is 4.82. The normalized spacial score (nSPS) is 24.3. The van der Waals surface area contributed by atoms with Gasteiger partial charge in [0.2, 0.25) is 5.95 Å². The van der Waals surface area contributed by atoms with Gasteiger partial charge in [-0.2, -0.15) is 0 Å². The van der Waals surface area contributed by atoms with Gasteiger partial charge < -0.3 is 15.5 Å². The van der Waals surface area contributed by atoms with E-state index in [1.807, 2.05) is 30.5 Å². The fraction of sp³-hybridized carbons (Fsp3) is 0.462. The molecule has 3 aromatic heterocycles. The number of anilines is 1. The van der Waals surface area contributed by atoms with E-state index >= 15 is 0 Å². The van der Waals surface area contributed by atoms with Crippen LogP contribution in [0.4, 0.5) is 5.95 Å². The molecule has 2 saturated carbocycles. The Morgan fingerprint density at radius 2 is 1.83 bits per heavy atom. The lowest BCUT2D eigenvalue weighted by Crippen LogP contribution is -2.30. The Morgan fingerprint density at radius 1 is 1.03 bits per heavy atom. The largest absolute Gasteiger partial charge is 0.390 e. The van der Waals surface area contributed by atoms with Crippen molar-refractivity contribution in [3.05, 3.63) is 52.2 Å². The summed E-state index contributed by atoms with van der Waals surface area (Å²) in [6.45, 7) is 2.90. The molecule has 0 radical (unpaired) electrons. The SMILES string of the molecule is Cc1nc(NCC2CC2)nc(C[C@@H]2C[C@H](Cc3nccs3)[C@@H](O)[C@H]2O)c1-c1nc2ccccc2s1. The highest BCUT2D eigenvalue weighted by Crippen LogP contribution is 2.40. The number of aryl methyl sites for hydroxylation is 1. The van der Waals surface area contributed by atoms with E-state index in [0.29, 0.717) is 24.7 Å². The van der Waals surface area contributed by atoms with Crippen LogP contribution in [0.3, 0.4) is 0 Å². The minimum Gasteiger partial charge on any atom is -0.390 e. The van der Waals surface area contributed by atoms with Crippen molar-refractivity contribution in [1.29, 1.82) is 0 Å². The number of aromatic nitrogens is 4. The fourth-order valence-electron chi connectivity index (χ4n) is 5.13. The summed E-state index contributed by atoms with van der Waals surface area (Å²) in [6.07, 6.45) is 4.75. The van der Waals surface area contributed by atoms with E-state index in [-0.39, 0.29) is 11.8 Å². The molecular formula is C26H29N5O2S2. The van der Waals surface area contributed by atoms with Gasteiger partial charge in [-0.15, -0.1) is 22.7 Å². The minimum atomic E-state index is -0.790. The Balaban J connectivity index is 1.32. The average molecular weight is 508 g/mol. The molecule has 2 aliphatic rings. The summed E-state index contributed by atoms with van der Waals surface area (Å²) in [7, 11) is 0. The third-order valence-corrected chi connectivity index (χ3v) is 9.07. The number of nitrogens with zero attached hydrogens (tertiary/aromatic N) is 4. The van der Waals surface area contributed by atoms with Gasteiger partial charge in [0.1, 0.15) is 5.01 Å². The minimum absolute atomic E-state index is 0.0116. The molecule has 35 heavy (non-hydrogen) atoms. The molecule has 1 aromatic carbocycles. The number of rotatable bonds is 8. The van der Waals surface area contributed by atoms with Gasteiger partial charge in [0.25, 0.3) is 0 Å². The summed E-state index contributed by atoms with van der Waals surface area (Å²) >= 11 is 3.24. The summed E-state index contributed by atoms with van der Waals surface area (Å²) < 4.78 is 1.13. The van der Waals surface area contributed by atoms with Crippen LogP contribution in [-0.2, 0) is 12.8 Å². The van der Waals surface area contributed by atoms with Crippen molar-refractivity contribution >= 4 is 38.8 Å². The number of hydrogen-bond donors (Lipinski definition) is 3. The Hall–Kier alpha value is -2.46. The average Bonchev–Trinajstić information content (AvgIpc) is 3.24. The Morgan fingerprint density at radius 3 is 2.57 bits per heavy atom. The number of hydrogen-bond acceptors (Lipinski definition) is 9. The zero-order valence-corrected chi connectivity index (χ0v) is 21.2. The van der Waals surface area contributed by atoms with Crippen LogP contribution in [0.25, 0.3) is 20.8 Å². The first kappa shape index (κ1) is 23.0. The first-order valence-electron chi connectivity index (χ1n) is 12.3. The molecule has 0 unspecified atom stereocenters. The summed E-state index contributed by atoms with van der Waals surface area (Å²) in [4.78, 5) is 19.0. The van der Waals surface area contributed by atoms with Gasteiger partial charge in [0, 0.05) is 24.5 Å². The maximum atomic E-state index is 11.0. The number of fused-ring (bicyclic) bond motifs is 1. The number of para-hydroxylation sites is 1. The second kappa shape index (κ2) is 9.54. The predicted octanol–water partition coefficient (Wildman–Crippen LogP) is 4.48. The van der Waals surface area contributed by atoms with Crippen molar-refractivity contribution in [2.75, 3.05) is 11.9 Å². The maximum Gasteiger partial charge on any atom is 0.223 e. The molecule has 4 aromatic rings. The van der Waals surface area contributed by atoms with Crippen LogP contribution in [0.15, 0.2) is 35.8 Å². The van der Waals surface area contributed by atoms with Crippen molar-refractivity contribution in [3.63, 3.8) is 0 Å². The summed E-state index contributed by atoms with van der Waals surface area (Å²) in [6, 6.07) is 8.13. The van der Waals surface area contributed by atoms with Crippen molar-refractivity contribution in [1.82, 2.24) is 19.9 Å². The number of thiazole rings is 2. The van der Waals surface area contributed by atoms with E-state index < -0.39 is 12.2 Å². The van der Waals surface area contributed by atoms with Gasteiger partial charge in [-0.25, -0.2) is 19.9 Å². The van der Waals surface area contributed by atoms with E-state index in [0.717, 1.165) is 50.1 Å². The lowest BCUT2D eigenvalue weighted by Gasteiger charge is -2.19. The van der Waals surface area contributed by atoms with Crippen LogP contribution in [0.5, 0.6) is 0 Å². The highest BCUT2D eigenvalue weighted by Gasteiger charge is 2.42. The fourth-order valence-corrected chi connectivity index (χ4v) is 6.93. The van der Waals surface area contributed by atoms with Gasteiger partial charge in [0.05, 0.1) is 44.4 Å². The molecular weight excluding hydrogens is 478 g/mol. The van der Waals surface area contributed by atoms with Crippen LogP contribution in [-0.4, -0.2) is 48.9 Å². The molecule has 2 fully saturated rings. The highest BCUT2D eigenvalue weighted by molar-refractivity contribution is 7.21. The Labute approximate surface area is 212 Å². The number of nitrogens with one attached hydrogen (secondary N) is 1. The molecule has 6 rings (SSSR count). The molecule has 0 aliphatic heterocycles. The van der Waals surface area contributed by atoms with Gasteiger partial charge in [-0.3, -0.25) is 0 Å². The summed E-state index contributed by atoms with van der Waals surface area (Å²) in [5.74, 6) is 1.25. The van der Waals surface area contributed by atoms with Crippen LogP contribution in [0.2, 0.25) is 0 Å². The first-order valence-corrected chi connectivity index (χ1v) is 14.0. The Bertz CT molecular complexity index is 1290. The molecule has 0 bridgehead atoms. The molecule has 2 aliphatic carbocycles. The third-order valence-electron chi connectivity index (χ3n) is 7.22. The molecule has 7 nitrogen and oxygen atoms in total. The van der Waals surface area contributed by atoms with Crippen molar-refractivity contribution in [2.45, 2.75) is 51.2 Å². The molecule has 0 amide bonds. The quantitative estimate of drug-likeness (QED) is 0.323. The predicted molar refractivity (Wildman–Crippen MR) is 140 cm³/mol. The lowest BCUT2D eigenvalue weighted by molar-refractivity contribution is 0.00403. The second-order valence-electron chi connectivity index (χ2n) is 9.84. The first-order chi connectivity index (χ1) is 17.0. The van der Waals surface area contributed by atoms with E-state index in [9.17, 15) is 10.2 Å². The van der Waals surface area contributed by atoms with Gasteiger partial charge >= 0.3 is 0 Å². The molecule has 9 heteroatoms. The van der Waals surface area contributed by atoms with E-state index in [1.165, 1.54) is 12.8 Å². The monoisotopic (exact) mass is 507 g/mol. The van der Waals surface area contributed by atoms with Gasteiger partial charge in [-0.05, 0) is 62.5 Å². The van der Waals surface area contributed by atoms with Gasteiger partial charge in [0.15, 0.2) is 0 Å². The topological polar surface area (TPSA) is 104 Å². The van der Waals surface area contributed by atoms with Crippen LogP contribution in [0.1, 0.15) is 35.7 Å².